The van der Waals surface area contributed by atoms with Crippen LogP contribution in [0.5, 0.6) is 0 Å². The standard InChI is InChI=1S/C14H26O/c1-10(9-15)6-7-13-8-11(2)12(3)14(13,4)5/h10,13,15H,6-9H2,1-5H3. The van der Waals surface area contributed by atoms with Crippen molar-refractivity contribution in [2.75, 3.05) is 6.61 Å². The van der Waals surface area contributed by atoms with Crippen molar-refractivity contribution in [1.29, 1.82) is 0 Å². The van der Waals surface area contributed by atoms with Crippen LogP contribution >= 0.6 is 0 Å². The molecular weight excluding hydrogens is 184 g/mol. The molecular formula is C14H26O. The van der Waals surface area contributed by atoms with Crippen molar-refractivity contribution >= 4 is 0 Å². The van der Waals surface area contributed by atoms with Gasteiger partial charge in [-0.25, -0.2) is 0 Å². The lowest BCUT2D eigenvalue weighted by atomic mass is 9.75. The highest BCUT2D eigenvalue weighted by atomic mass is 16.3. The van der Waals surface area contributed by atoms with Crippen molar-refractivity contribution in [1.82, 2.24) is 0 Å². The molecule has 1 aliphatic rings. The zero-order chi connectivity index (χ0) is 11.6. The lowest BCUT2D eigenvalue weighted by Crippen LogP contribution is -2.21. The van der Waals surface area contributed by atoms with E-state index in [0.717, 1.165) is 12.3 Å². The smallest absolute Gasteiger partial charge is 0.0456 e. The highest BCUT2D eigenvalue weighted by Crippen LogP contribution is 2.48. The number of aliphatic hydroxyl groups excluding tert-OH is 1. The van der Waals surface area contributed by atoms with Gasteiger partial charge in [-0.15, -0.1) is 0 Å². The quantitative estimate of drug-likeness (QED) is 0.700. The molecule has 0 saturated carbocycles. The topological polar surface area (TPSA) is 20.2 Å². The molecule has 2 atom stereocenters. The van der Waals surface area contributed by atoms with E-state index in [-0.39, 0.29) is 0 Å². The van der Waals surface area contributed by atoms with Gasteiger partial charge in [-0.3, -0.25) is 0 Å². The van der Waals surface area contributed by atoms with Crippen LogP contribution in [0.3, 0.4) is 0 Å². The van der Waals surface area contributed by atoms with Gasteiger partial charge in [0.1, 0.15) is 0 Å². The van der Waals surface area contributed by atoms with E-state index in [0.29, 0.717) is 17.9 Å². The van der Waals surface area contributed by atoms with Crippen molar-refractivity contribution < 1.29 is 5.11 Å². The summed E-state index contributed by atoms with van der Waals surface area (Å²) in [6.07, 6.45) is 3.67. The summed E-state index contributed by atoms with van der Waals surface area (Å²) in [6.45, 7) is 11.8. The van der Waals surface area contributed by atoms with E-state index >= 15 is 0 Å². The maximum Gasteiger partial charge on any atom is 0.0456 e. The summed E-state index contributed by atoms with van der Waals surface area (Å²) in [6, 6.07) is 0. The van der Waals surface area contributed by atoms with E-state index in [1.54, 1.807) is 11.1 Å². The Kier molecular flexibility index (Phi) is 3.99. The first-order valence-electron chi connectivity index (χ1n) is 6.17. The van der Waals surface area contributed by atoms with Gasteiger partial charge < -0.3 is 5.11 Å². The van der Waals surface area contributed by atoms with Gasteiger partial charge in [0.2, 0.25) is 0 Å². The third-order valence-electron chi connectivity index (χ3n) is 4.50. The van der Waals surface area contributed by atoms with Crippen molar-refractivity contribution in [2.24, 2.45) is 17.3 Å². The van der Waals surface area contributed by atoms with E-state index in [2.05, 4.69) is 34.6 Å². The number of rotatable bonds is 4. The summed E-state index contributed by atoms with van der Waals surface area (Å²) in [7, 11) is 0. The lowest BCUT2D eigenvalue weighted by Gasteiger charge is -2.30. The third kappa shape index (κ3) is 2.63. The van der Waals surface area contributed by atoms with Crippen LogP contribution in [0.25, 0.3) is 0 Å². The van der Waals surface area contributed by atoms with Gasteiger partial charge in [0.25, 0.3) is 0 Å². The Morgan fingerprint density at radius 3 is 2.40 bits per heavy atom. The maximum atomic E-state index is 9.03. The summed E-state index contributed by atoms with van der Waals surface area (Å²) in [5.74, 6) is 1.24. The average molecular weight is 210 g/mol. The molecule has 0 heterocycles. The van der Waals surface area contributed by atoms with Crippen LogP contribution in [0.1, 0.15) is 53.9 Å². The van der Waals surface area contributed by atoms with Crippen molar-refractivity contribution in [2.45, 2.75) is 53.9 Å². The van der Waals surface area contributed by atoms with Crippen LogP contribution < -0.4 is 0 Å². The molecule has 1 heteroatoms. The first-order chi connectivity index (χ1) is 6.89. The first kappa shape index (κ1) is 12.8. The fraction of sp³-hybridized carbons (Fsp3) is 0.857. The van der Waals surface area contributed by atoms with Crippen LogP contribution in [0.2, 0.25) is 0 Å². The van der Waals surface area contributed by atoms with Gasteiger partial charge >= 0.3 is 0 Å². The average Bonchev–Trinajstić information content (AvgIpc) is 2.38. The molecule has 0 aliphatic heterocycles. The van der Waals surface area contributed by atoms with Gasteiger partial charge in [-0.1, -0.05) is 31.9 Å². The molecule has 15 heavy (non-hydrogen) atoms. The summed E-state index contributed by atoms with van der Waals surface area (Å²) < 4.78 is 0. The first-order valence-corrected chi connectivity index (χ1v) is 6.17. The second-order valence-electron chi connectivity index (χ2n) is 5.89. The highest BCUT2D eigenvalue weighted by molar-refractivity contribution is 5.25. The normalized spacial score (nSPS) is 27.2. The Bertz CT molecular complexity index is 250. The second-order valence-corrected chi connectivity index (χ2v) is 5.89. The monoisotopic (exact) mass is 210 g/mol. The summed E-state index contributed by atoms with van der Waals surface area (Å²) in [5, 5.41) is 9.03. The highest BCUT2D eigenvalue weighted by Gasteiger charge is 2.37. The largest absolute Gasteiger partial charge is 0.396 e. The van der Waals surface area contributed by atoms with Crippen LogP contribution in [0, 0.1) is 17.3 Å². The Morgan fingerprint density at radius 2 is 2.00 bits per heavy atom. The Morgan fingerprint density at radius 1 is 1.40 bits per heavy atom. The van der Waals surface area contributed by atoms with E-state index < -0.39 is 0 Å². The number of hydrogen-bond acceptors (Lipinski definition) is 1. The molecule has 0 radical (unpaired) electrons. The molecule has 1 nitrogen and oxygen atoms in total. The zero-order valence-corrected chi connectivity index (χ0v) is 10.9. The zero-order valence-electron chi connectivity index (χ0n) is 10.9. The maximum absolute atomic E-state index is 9.03. The molecule has 2 unspecified atom stereocenters. The SMILES string of the molecule is CC1=C(C)C(C)(C)C(CCC(C)CO)C1. The molecule has 0 bridgehead atoms. The molecule has 88 valence electrons. The van der Waals surface area contributed by atoms with E-state index in [1.807, 2.05) is 0 Å². The molecule has 0 spiro atoms. The molecule has 1 rings (SSSR count). The number of hydrogen-bond donors (Lipinski definition) is 1. The predicted molar refractivity (Wildman–Crippen MR) is 65.7 cm³/mol. The molecule has 0 saturated heterocycles. The van der Waals surface area contributed by atoms with E-state index in [4.69, 9.17) is 5.11 Å². The lowest BCUT2D eigenvalue weighted by molar-refractivity contribution is 0.202. The van der Waals surface area contributed by atoms with Crippen molar-refractivity contribution in [3.63, 3.8) is 0 Å². The fourth-order valence-electron chi connectivity index (χ4n) is 2.67. The Hall–Kier alpha value is -0.300. The Labute approximate surface area is 94.6 Å². The fourth-order valence-corrected chi connectivity index (χ4v) is 2.67. The number of allylic oxidation sites excluding steroid dienone is 2. The third-order valence-corrected chi connectivity index (χ3v) is 4.50. The van der Waals surface area contributed by atoms with Crippen molar-refractivity contribution in [3.05, 3.63) is 11.1 Å². The summed E-state index contributed by atoms with van der Waals surface area (Å²) >= 11 is 0. The Balaban J connectivity index is 2.54. The van der Waals surface area contributed by atoms with Gasteiger partial charge in [-0.05, 0) is 50.4 Å². The van der Waals surface area contributed by atoms with Gasteiger partial charge in [0.05, 0.1) is 0 Å². The molecule has 1 N–H and O–H groups in total. The molecule has 0 amide bonds. The molecule has 0 fully saturated rings. The van der Waals surface area contributed by atoms with E-state index in [9.17, 15) is 0 Å². The second kappa shape index (κ2) is 4.69. The van der Waals surface area contributed by atoms with E-state index in [1.165, 1.54) is 12.8 Å². The van der Waals surface area contributed by atoms with Gasteiger partial charge in [0.15, 0.2) is 0 Å². The van der Waals surface area contributed by atoms with Crippen LogP contribution in [0.15, 0.2) is 11.1 Å². The summed E-state index contributed by atoms with van der Waals surface area (Å²) in [5.41, 5.74) is 3.55. The van der Waals surface area contributed by atoms with Crippen LogP contribution in [-0.4, -0.2) is 11.7 Å². The minimum Gasteiger partial charge on any atom is -0.396 e. The molecule has 0 aromatic carbocycles. The van der Waals surface area contributed by atoms with Gasteiger partial charge in [0, 0.05) is 6.61 Å². The number of aliphatic hydroxyl groups is 1. The predicted octanol–water partition coefficient (Wildman–Crippen LogP) is 3.78. The molecule has 0 aromatic rings. The van der Waals surface area contributed by atoms with Crippen LogP contribution in [-0.2, 0) is 0 Å². The van der Waals surface area contributed by atoms with Crippen molar-refractivity contribution in [3.8, 4) is 0 Å². The molecule has 0 aromatic heterocycles. The van der Waals surface area contributed by atoms with Crippen LogP contribution in [0.4, 0.5) is 0 Å². The minimum atomic E-state index is 0.332. The molecule has 1 aliphatic carbocycles. The van der Waals surface area contributed by atoms with Gasteiger partial charge in [-0.2, -0.15) is 0 Å². The summed E-state index contributed by atoms with van der Waals surface area (Å²) in [4.78, 5) is 0. The minimum absolute atomic E-state index is 0.332.